The Hall–Kier alpha value is -2.22. The van der Waals surface area contributed by atoms with Crippen molar-refractivity contribution in [2.24, 2.45) is 11.7 Å². The van der Waals surface area contributed by atoms with E-state index in [1.54, 1.807) is 18.2 Å². The van der Waals surface area contributed by atoms with Crippen molar-refractivity contribution in [3.63, 3.8) is 0 Å². The molecule has 0 saturated heterocycles. The summed E-state index contributed by atoms with van der Waals surface area (Å²) in [5.41, 5.74) is 12.9. The average molecular weight is 246 g/mol. The van der Waals surface area contributed by atoms with E-state index in [2.05, 4.69) is 0 Å². The van der Waals surface area contributed by atoms with Crippen LogP contribution in [-0.4, -0.2) is 19.0 Å². The normalized spacial score (nSPS) is 10.1. The molecule has 0 aliphatic carbocycles. The molecule has 0 saturated carbocycles. The highest BCUT2D eigenvalue weighted by Crippen LogP contribution is 2.24. The molecule has 1 amide bonds. The number of nitrogens with two attached hydrogens (primary N) is 2. The van der Waals surface area contributed by atoms with Crippen LogP contribution in [0.15, 0.2) is 18.2 Å². The third kappa shape index (κ3) is 3.67. The van der Waals surface area contributed by atoms with Crippen LogP contribution >= 0.6 is 0 Å². The second-order valence-electron chi connectivity index (χ2n) is 4.63. The van der Waals surface area contributed by atoms with Crippen molar-refractivity contribution in [3.05, 3.63) is 23.8 Å². The summed E-state index contributed by atoms with van der Waals surface area (Å²) in [6, 6.07) is 7.06. The predicted octanol–water partition coefficient (Wildman–Crippen LogP) is 1.09. The Balaban J connectivity index is 3.05. The lowest BCUT2D eigenvalue weighted by molar-refractivity contribution is -0.116. The number of primary amides is 1. The number of hydrogen-bond acceptors (Lipinski definition) is 4. The number of nitrogens with zero attached hydrogens (tertiary/aromatic N) is 2. The van der Waals surface area contributed by atoms with Gasteiger partial charge in [-0.1, -0.05) is 13.8 Å². The highest BCUT2D eigenvalue weighted by atomic mass is 16.1. The molecule has 4 N–H and O–H groups in total. The third-order valence-corrected chi connectivity index (χ3v) is 2.43. The first-order valence-electron chi connectivity index (χ1n) is 5.77. The molecule has 0 aromatic heterocycles. The van der Waals surface area contributed by atoms with E-state index < -0.39 is 5.91 Å². The van der Waals surface area contributed by atoms with Gasteiger partial charge < -0.3 is 16.4 Å². The number of carbonyl (C=O) groups excluding carboxylic acids is 1. The summed E-state index contributed by atoms with van der Waals surface area (Å²) in [6.45, 7) is 4.90. The van der Waals surface area contributed by atoms with E-state index in [9.17, 15) is 4.79 Å². The molecule has 5 nitrogen and oxygen atoms in total. The zero-order valence-corrected chi connectivity index (χ0v) is 10.7. The van der Waals surface area contributed by atoms with E-state index in [1.807, 2.05) is 24.8 Å². The highest BCUT2D eigenvalue weighted by Gasteiger charge is 2.14. The molecule has 0 aliphatic rings. The summed E-state index contributed by atoms with van der Waals surface area (Å²) in [7, 11) is 0. The van der Waals surface area contributed by atoms with E-state index in [0.29, 0.717) is 23.7 Å². The van der Waals surface area contributed by atoms with Crippen molar-refractivity contribution in [2.45, 2.75) is 13.8 Å². The van der Waals surface area contributed by atoms with E-state index in [0.717, 1.165) is 5.69 Å². The molecule has 0 fully saturated rings. The summed E-state index contributed by atoms with van der Waals surface area (Å²) in [4.78, 5) is 12.9. The number of carbonyl (C=O) groups is 1. The maximum Gasteiger partial charge on any atom is 0.236 e. The van der Waals surface area contributed by atoms with Gasteiger partial charge >= 0.3 is 0 Å². The van der Waals surface area contributed by atoms with Gasteiger partial charge in [0.15, 0.2) is 0 Å². The zero-order valence-electron chi connectivity index (χ0n) is 10.7. The van der Waals surface area contributed by atoms with E-state index >= 15 is 0 Å². The first kappa shape index (κ1) is 13.8. The Labute approximate surface area is 107 Å². The second kappa shape index (κ2) is 5.92. The number of nitrogen functional groups attached to an aromatic ring is 1. The Kier molecular flexibility index (Phi) is 4.55. The van der Waals surface area contributed by atoms with Crippen LogP contribution in [0, 0.1) is 17.2 Å². The molecule has 96 valence electrons. The fourth-order valence-corrected chi connectivity index (χ4v) is 1.79. The van der Waals surface area contributed by atoms with Crippen molar-refractivity contribution >= 4 is 17.3 Å². The van der Waals surface area contributed by atoms with Crippen LogP contribution in [0.4, 0.5) is 11.4 Å². The van der Waals surface area contributed by atoms with Crippen LogP contribution < -0.4 is 16.4 Å². The van der Waals surface area contributed by atoms with Gasteiger partial charge in [0.2, 0.25) is 5.91 Å². The van der Waals surface area contributed by atoms with Gasteiger partial charge in [0.05, 0.1) is 29.6 Å². The van der Waals surface area contributed by atoms with Crippen LogP contribution in [0.25, 0.3) is 0 Å². The van der Waals surface area contributed by atoms with Gasteiger partial charge in [-0.25, -0.2) is 0 Å². The van der Waals surface area contributed by atoms with Crippen molar-refractivity contribution in [1.82, 2.24) is 0 Å². The fraction of sp³-hybridized carbons (Fsp3) is 0.385. The van der Waals surface area contributed by atoms with Gasteiger partial charge in [-0.05, 0) is 24.1 Å². The average Bonchev–Trinajstić information content (AvgIpc) is 2.26. The number of nitriles is 1. The Morgan fingerprint density at radius 1 is 1.50 bits per heavy atom. The Morgan fingerprint density at radius 3 is 2.61 bits per heavy atom. The summed E-state index contributed by atoms with van der Waals surface area (Å²) in [5.74, 6) is -0.0289. The number of benzene rings is 1. The van der Waals surface area contributed by atoms with E-state index in [1.165, 1.54) is 0 Å². The molecule has 0 unspecified atom stereocenters. The number of amides is 1. The lowest BCUT2D eigenvalue weighted by Crippen LogP contribution is -2.36. The molecule has 1 aromatic carbocycles. The SMILES string of the molecule is CC(C)CN(CC(N)=O)c1ccc(C#N)cc1N. The smallest absolute Gasteiger partial charge is 0.236 e. The van der Waals surface area contributed by atoms with Gasteiger partial charge in [-0.2, -0.15) is 5.26 Å². The van der Waals surface area contributed by atoms with Crippen molar-refractivity contribution in [2.75, 3.05) is 23.7 Å². The van der Waals surface area contributed by atoms with Gasteiger partial charge in [-0.15, -0.1) is 0 Å². The van der Waals surface area contributed by atoms with E-state index in [-0.39, 0.29) is 6.54 Å². The molecule has 0 bridgehead atoms. The van der Waals surface area contributed by atoms with Gasteiger partial charge in [-0.3, -0.25) is 4.79 Å². The maximum atomic E-state index is 11.1. The molecule has 0 aliphatic heterocycles. The quantitative estimate of drug-likeness (QED) is 0.760. The summed E-state index contributed by atoms with van der Waals surface area (Å²) in [5, 5.41) is 8.79. The van der Waals surface area contributed by atoms with Crippen molar-refractivity contribution in [3.8, 4) is 6.07 Å². The first-order chi connectivity index (χ1) is 8.43. The standard InChI is InChI=1S/C13H18N4O/c1-9(2)7-17(8-13(16)18)12-4-3-10(6-14)5-11(12)15/h3-5,9H,7-8,15H2,1-2H3,(H2,16,18). The third-order valence-electron chi connectivity index (χ3n) is 2.43. The molecule has 5 heteroatoms. The lowest BCUT2D eigenvalue weighted by atomic mass is 10.1. The highest BCUT2D eigenvalue weighted by molar-refractivity contribution is 5.82. The molecular weight excluding hydrogens is 228 g/mol. The Morgan fingerprint density at radius 2 is 2.17 bits per heavy atom. The Bertz CT molecular complexity index is 476. The molecule has 0 atom stereocenters. The van der Waals surface area contributed by atoms with Crippen molar-refractivity contribution in [1.29, 1.82) is 5.26 Å². The van der Waals surface area contributed by atoms with Gasteiger partial charge in [0.1, 0.15) is 0 Å². The number of anilines is 2. The zero-order chi connectivity index (χ0) is 13.7. The summed E-state index contributed by atoms with van der Waals surface area (Å²) >= 11 is 0. The van der Waals surface area contributed by atoms with Crippen LogP contribution in [0.3, 0.4) is 0 Å². The first-order valence-corrected chi connectivity index (χ1v) is 5.77. The molecule has 1 rings (SSSR count). The minimum Gasteiger partial charge on any atom is -0.397 e. The second-order valence-corrected chi connectivity index (χ2v) is 4.63. The van der Waals surface area contributed by atoms with Gasteiger partial charge in [0.25, 0.3) is 0 Å². The molecular formula is C13H18N4O. The molecule has 0 spiro atoms. The van der Waals surface area contributed by atoms with Crippen LogP contribution in [-0.2, 0) is 4.79 Å². The largest absolute Gasteiger partial charge is 0.397 e. The maximum absolute atomic E-state index is 11.1. The number of rotatable bonds is 5. The molecule has 0 heterocycles. The predicted molar refractivity (Wildman–Crippen MR) is 71.8 cm³/mol. The molecule has 18 heavy (non-hydrogen) atoms. The van der Waals surface area contributed by atoms with E-state index in [4.69, 9.17) is 16.7 Å². The van der Waals surface area contributed by atoms with Crippen LogP contribution in [0.2, 0.25) is 0 Å². The molecule has 0 radical (unpaired) electrons. The molecule has 1 aromatic rings. The minimum atomic E-state index is -0.403. The fourth-order valence-electron chi connectivity index (χ4n) is 1.79. The monoisotopic (exact) mass is 246 g/mol. The summed E-state index contributed by atoms with van der Waals surface area (Å²) in [6.07, 6.45) is 0. The topological polar surface area (TPSA) is 96.1 Å². The van der Waals surface area contributed by atoms with Crippen LogP contribution in [0.5, 0.6) is 0 Å². The summed E-state index contributed by atoms with van der Waals surface area (Å²) < 4.78 is 0. The van der Waals surface area contributed by atoms with Crippen molar-refractivity contribution < 1.29 is 4.79 Å². The number of hydrogen-bond donors (Lipinski definition) is 2. The minimum absolute atomic E-state index is 0.119. The lowest BCUT2D eigenvalue weighted by Gasteiger charge is -2.26. The van der Waals surface area contributed by atoms with Gasteiger partial charge in [0, 0.05) is 6.54 Å². The van der Waals surface area contributed by atoms with Crippen LogP contribution in [0.1, 0.15) is 19.4 Å².